The molecular formula is C31H48O4. The van der Waals surface area contributed by atoms with Gasteiger partial charge in [0.15, 0.2) is 0 Å². The number of hydrogen-bond donors (Lipinski definition) is 1. The monoisotopic (exact) mass is 484 g/mol. The Balaban J connectivity index is 1.45. The summed E-state index contributed by atoms with van der Waals surface area (Å²) in [7, 11) is 1.86. The summed E-state index contributed by atoms with van der Waals surface area (Å²) in [5, 5.41) is 10.6. The van der Waals surface area contributed by atoms with Crippen LogP contribution in [0.2, 0.25) is 0 Å². The van der Waals surface area contributed by atoms with E-state index in [2.05, 4.69) is 54.5 Å². The quantitative estimate of drug-likeness (QED) is 0.343. The standard InChI is InChI=1S/C31H48O4/c1-26(2)13-15-31(25(32)33)16-14-28(5)18(19(31)17-26)9-10-21-29(28,6)12-11-20-27(3,4)23(34-8)22-24(35-22)30(20,21)7/h9,19-24H,10-17H2,1-8H3,(H,32,33)/t19-,20-,21-,22-,23-,24-,28+,29+,30-,31-/m0/s1. The zero-order valence-electron chi connectivity index (χ0n) is 23.4. The number of methoxy groups -OCH3 is 1. The zero-order valence-corrected chi connectivity index (χ0v) is 23.4. The summed E-state index contributed by atoms with van der Waals surface area (Å²) >= 11 is 0. The molecular weight excluding hydrogens is 436 g/mol. The van der Waals surface area contributed by atoms with Crippen LogP contribution in [0.15, 0.2) is 11.6 Å². The van der Waals surface area contributed by atoms with Crippen LogP contribution in [0.1, 0.15) is 99.8 Å². The Morgan fingerprint density at radius 3 is 2.34 bits per heavy atom. The van der Waals surface area contributed by atoms with Gasteiger partial charge >= 0.3 is 5.97 Å². The highest BCUT2D eigenvalue weighted by molar-refractivity contribution is 5.76. The van der Waals surface area contributed by atoms with E-state index in [1.807, 2.05) is 7.11 Å². The van der Waals surface area contributed by atoms with E-state index >= 15 is 0 Å². The van der Waals surface area contributed by atoms with Gasteiger partial charge in [-0.1, -0.05) is 60.1 Å². The molecule has 4 nitrogen and oxygen atoms in total. The molecule has 5 fully saturated rings. The molecule has 1 aliphatic heterocycles. The van der Waals surface area contributed by atoms with Crippen molar-refractivity contribution in [3.63, 3.8) is 0 Å². The number of carbonyl (C=O) groups is 1. The van der Waals surface area contributed by atoms with E-state index in [-0.39, 0.29) is 45.2 Å². The Hall–Kier alpha value is -0.870. The maximum Gasteiger partial charge on any atom is 0.310 e. The Labute approximate surface area is 212 Å². The molecule has 0 aromatic heterocycles. The van der Waals surface area contributed by atoms with Crippen LogP contribution in [-0.2, 0) is 14.3 Å². The minimum atomic E-state index is -0.561. The summed E-state index contributed by atoms with van der Waals surface area (Å²) in [5.74, 6) is 0.772. The molecule has 35 heavy (non-hydrogen) atoms. The van der Waals surface area contributed by atoms with Gasteiger partial charge in [-0.2, -0.15) is 0 Å². The van der Waals surface area contributed by atoms with E-state index in [0.717, 1.165) is 38.5 Å². The van der Waals surface area contributed by atoms with Crippen LogP contribution >= 0.6 is 0 Å². The molecule has 0 aromatic carbocycles. The lowest BCUT2D eigenvalue weighted by molar-refractivity contribution is -0.199. The van der Waals surface area contributed by atoms with Gasteiger partial charge in [-0.05, 0) is 90.8 Å². The van der Waals surface area contributed by atoms with Gasteiger partial charge in [0.25, 0.3) is 0 Å². The topological polar surface area (TPSA) is 59.1 Å². The lowest BCUT2D eigenvalue weighted by Gasteiger charge is -2.70. The van der Waals surface area contributed by atoms with Gasteiger partial charge in [0.1, 0.15) is 6.10 Å². The maximum absolute atomic E-state index is 12.8. The van der Waals surface area contributed by atoms with Crippen molar-refractivity contribution in [1.82, 2.24) is 0 Å². The molecule has 6 rings (SSSR count). The van der Waals surface area contributed by atoms with E-state index in [1.54, 1.807) is 0 Å². The second-order valence-corrected chi connectivity index (χ2v) is 15.5. The second-order valence-electron chi connectivity index (χ2n) is 15.5. The number of aliphatic carboxylic acids is 1. The smallest absolute Gasteiger partial charge is 0.310 e. The third kappa shape index (κ3) is 2.75. The molecule has 0 radical (unpaired) electrons. The summed E-state index contributed by atoms with van der Waals surface area (Å²) in [5.41, 5.74) is 1.61. The van der Waals surface area contributed by atoms with Crippen LogP contribution in [0.4, 0.5) is 0 Å². The highest BCUT2D eigenvalue weighted by Crippen LogP contribution is 2.77. The minimum absolute atomic E-state index is 0.0631. The number of epoxide rings is 1. The fraction of sp³-hybridized carbons (Fsp3) is 0.903. The number of carboxylic acid groups (broad SMARTS) is 1. The molecule has 0 aromatic rings. The van der Waals surface area contributed by atoms with Gasteiger partial charge in [-0.15, -0.1) is 0 Å². The van der Waals surface area contributed by atoms with Crippen molar-refractivity contribution < 1.29 is 19.4 Å². The van der Waals surface area contributed by atoms with Crippen LogP contribution in [-0.4, -0.2) is 36.5 Å². The van der Waals surface area contributed by atoms with Crippen molar-refractivity contribution in [1.29, 1.82) is 0 Å². The predicted octanol–water partition coefficient (Wildman–Crippen LogP) is 6.87. The van der Waals surface area contributed by atoms with E-state index in [0.29, 0.717) is 17.9 Å². The predicted molar refractivity (Wildman–Crippen MR) is 137 cm³/mol. The first-order valence-electron chi connectivity index (χ1n) is 14.3. The van der Waals surface area contributed by atoms with Crippen LogP contribution in [0.5, 0.6) is 0 Å². The van der Waals surface area contributed by atoms with Crippen molar-refractivity contribution in [2.24, 2.45) is 50.2 Å². The summed E-state index contributed by atoms with van der Waals surface area (Å²) in [4.78, 5) is 12.8. The minimum Gasteiger partial charge on any atom is -0.481 e. The van der Waals surface area contributed by atoms with Gasteiger partial charge in [0.2, 0.25) is 0 Å². The first kappa shape index (κ1) is 24.5. The van der Waals surface area contributed by atoms with Gasteiger partial charge in [0.05, 0.1) is 17.6 Å². The summed E-state index contributed by atoms with van der Waals surface area (Å²) in [6.07, 6.45) is 11.5. The lowest BCUT2D eigenvalue weighted by atomic mass is 9.33. The number of carboxylic acids is 1. The van der Waals surface area contributed by atoms with Crippen LogP contribution in [0.3, 0.4) is 0 Å². The summed E-state index contributed by atoms with van der Waals surface area (Å²) in [6.45, 7) is 17.2. The molecule has 6 aliphatic rings. The van der Waals surface area contributed by atoms with E-state index in [9.17, 15) is 9.90 Å². The molecule has 1 heterocycles. The van der Waals surface area contributed by atoms with Gasteiger partial charge in [0, 0.05) is 12.5 Å². The molecule has 0 unspecified atom stereocenters. The number of hydrogen-bond acceptors (Lipinski definition) is 3. The fourth-order valence-electron chi connectivity index (χ4n) is 11.4. The number of ether oxygens (including phenoxy) is 2. The largest absolute Gasteiger partial charge is 0.481 e. The number of rotatable bonds is 2. The molecule has 5 aliphatic carbocycles. The van der Waals surface area contributed by atoms with E-state index < -0.39 is 11.4 Å². The molecule has 4 saturated carbocycles. The molecule has 0 amide bonds. The first-order valence-corrected chi connectivity index (χ1v) is 14.3. The SMILES string of the molecule is CO[C@H]1[C@@H]2O[C@@H]2[C@]2(C)[C@H]3CC=C4[C@@H]5CC(C)(C)CC[C@]5(C(=O)O)CC[C@@]4(C)[C@]3(C)CC[C@H]2C1(C)C. The highest BCUT2D eigenvalue weighted by Gasteiger charge is 2.76. The average molecular weight is 485 g/mol. The maximum atomic E-state index is 12.8. The van der Waals surface area contributed by atoms with Crippen molar-refractivity contribution in [2.75, 3.05) is 7.11 Å². The molecule has 0 spiro atoms. The molecule has 1 saturated heterocycles. The normalized spacial score (nSPS) is 55.3. The fourth-order valence-corrected chi connectivity index (χ4v) is 11.4. The van der Waals surface area contributed by atoms with Crippen LogP contribution in [0, 0.1) is 50.2 Å². The Bertz CT molecular complexity index is 980. The second kappa shape index (κ2) is 6.95. The number of allylic oxidation sites excluding steroid dienone is 2. The average Bonchev–Trinajstić information content (AvgIpc) is 3.55. The Kier molecular flexibility index (Phi) is 4.86. The molecule has 1 N–H and O–H groups in total. The van der Waals surface area contributed by atoms with Crippen LogP contribution < -0.4 is 0 Å². The lowest BCUT2D eigenvalue weighted by Crippen LogP contribution is -2.67. The first-order chi connectivity index (χ1) is 16.2. The summed E-state index contributed by atoms with van der Waals surface area (Å²) in [6, 6.07) is 0. The zero-order chi connectivity index (χ0) is 25.4. The van der Waals surface area contributed by atoms with Gasteiger partial charge < -0.3 is 14.6 Å². The van der Waals surface area contributed by atoms with Crippen molar-refractivity contribution >= 4 is 5.97 Å². The molecule has 0 bridgehead atoms. The number of fused-ring (bicyclic) bond motifs is 9. The Morgan fingerprint density at radius 2 is 1.69 bits per heavy atom. The van der Waals surface area contributed by atoms with Gasteiger partial charge in [-0.25, -0.2) is 0 Å². The van der Waals surface area contributed by atoms with Crippen molar-refractivity contribution in [3.8, 4) is 0 Å². The summed E-state index contributed by atoms with van der Waals surface area (Å²) < 4.78 is 12.5. The molecule has 196 valence electrons. The molecule has 10 atom stereocenters. The van der Waals surface area contributed by atoms with E-state index in [1.165, 1.54) is 18.4 Å². The van der Waals surface area contributed by atoms with Crippen molar-refractivity contribution in [3.05, 3.63) is 11.6 Å². The van der Waals surface area contributed by atoms with Crippen molar-refractivity contribution in [2.45, 2.75) is 118 Å². The van der Waals surface area contributed by atoms with Gasteiger partial charge in [-0.3, -0.25) is 4.79 Å². The van der Waals surface area contributed by atoms with Crippen LogP contribution in [0.25, 0.3) is 0 Å². The molecule has 4 heteroatoms. The highest BCUT2D eigenvalue weighted by atomic mass is 16.6. The van der Waals surface area contributed by atoms with E-state index in [4.69, 9.17) is 9.47 Å². The third-order valence-electron chi connectivity index (χ3n) is 13.6. The Morgan fingerprint density at radius 1 is 1.00 bits per heavy atom. The third-order valence-corrected chi connectivity index (χ3v) is 13.6.